The second-order valence-corrected chi connectivity index (χ2v) is 3.63. The molecule has 0 aromatic heterocycles. The van der Waals surface area contributed by atoms with Crippen LogP contribution in [0.15, 0.2) is 18.2 Å². The highest BCUT2D eigenvalue weighted by molar-refractivity contribution is 5.96. The highest BCUT2D eigenvalue weighted by Gasteiger charge is 2.18. The summed E-state index contributed by atoms with van der Waals surface area (Å²) in [4.78, 5) is 24.4. The lowest BCUT2D eigenvalue weighted by molar-refractivity contribution is -0.141. The average molecular weight is 253 g/mol. The summed E-state index contributed by atoms with van der Waals surface area (Å²) in [5.41, 5.74) is 0.109. The zero-order valence-corrected chi connectivity index (χ0v) is 10.2. The van der Waals surface area contributed by atoms with Crippen molar-refractivity contribution in [2.45, 2.75) is 6.92 Å². The summed E-state index contributed by atoms with van der Waals surface area (Å²) in [6, 6.07) is 3.57. The van der Waals surface area contributed by atoms with E-state index in [0.717, 1.165) is 6.07 Å². The van der Waals surface area contributed by atoms with Crippen LogP contribution in [0, 0.1) is 0 Å². The van der Waals surface area contributed by atoms with Gasteiger partial charge in [0.2, 0.25) is 0 Å². The zero-order chi connectivity index (χ0) is 13.7. The molecule has 0 aliphatic carbocycles. The molecule has 1 aromatic carbocycles. The maximum absolute atomic E-state index is 12.0. The molecule has 6 heteroatoms. The fourth-order valence-corrected chi connectivity index (χ4v) is 1.45. The van der Waals surface area contributed by atoms with Crippen LogP contribution >= 0.6 is 0 Å². The van der Waals surface area contributed by atoms with E-state index in [1.807, 2.05) is 0 Å². The normalized spacial score (nSPS) is 9.89. The molecule has 0 unspecified atom stereocenters. The molecule has 1 amide bonds. The molecule has 0 saturated heterocycles. The molecule has 0 saturated carbocycles. The van der Waals surface area contributed by atoms with Gasteiger partial charge in [0.15, 0.2) is 0 Å². The molecule has 0 fully saturated rings. The molecule has 0 atom stereocenters. The van der Waals surface area contributed by atoms with Crippen molar-refractivity contribution < 1.29 is 24.5 Å². The third kappa shape index (κ3) is 3.38. The Morgan fingerprint density at radius 1 is 1.22 bits per heavy atom. The molecule has 0 radical (unpaired) electrons. The van der Waals surface area contributed by atoms with Crippen molar-refractivity contribution in [3.05, 3.63) is 23.8 Å². The maximum atomic E-state index is 12.0. The van der Waals surface area contributed by atoms with E-state index in [1.54, 1.807) is 6.92 Å². The number of amides is 1. The Morgan fingerprint density at radius 3 is 2.22 bits per heavy atom. The minimum Gasteiger partial charge on any atom is -0.508 e. The van der Waals surface area contributed by atoms with E-state index in [4.69, 9.17) is 0 Å². The van der Waals surface area contributed by atoms with Crippen molar-refractivity contribution in [2.24, 2.45) is 0 Å². The van der Waals surface area contributed by atoms with E-state index in [1.165, 1.54) is 24.1 Å². The molecule has 0 aliphatic heterocycles. The Labute approximate surface area is 104 Å². The molecule has 0 spiro atoms. The first-order valence-electron chi connectivity index (χ1n) is 5.37. The quantitative estimate of drug-likeness (QED) is 0.772. The first-order valence-corrected chi connectivity index (χ1v) is 5.37. The molecular weight excluding hydrogens is 238 g/mol. The lowest BCUT2D eigenvalue weighted by Crippen LogP contribution is -2.36. The molecule has 0 heterocycles. The standard InChI is InChI=1S/C12H15NO5/c1-3-13(7-11(16)18-2)12(17)8-4-9(14)6-10(15)5-8/h4-6,14-15H,3,7H2,1-2H3. The number of esters is 1. The summed E-state index contributed by atoms with van der Waals surface area (Å²) in [6.45, 7) is 1.84. The van der Waals surface area contributed by atoms with Crippen LogP contribution in [0.1, 0.15) is 17.3 Å². The topological polar surface area (TPSA) is 87.1 Å². The highest BCUT2D eigenvalue weighted by atomic mass is 16.5. The summed E-state index contributed by atoms with van der Waals surface area (Å²) in [5, 5.41) is 18.6. The molecule has 1 rings (SSSR count). The molecule has 6 nitrogen and oxygen atoms in total. The van der Waals surface area contributed by atoms with Crippen molar-refractivity contribution in [1.82, 2.24) is 4.90 Å². The molecule has 98 valence electrons. The van der Waals surface area contributed by atoms with Crippen LogP contribution in [0.4, 0.5) is 0 Å². The molecule has 2 N–H and O–H groups in total. The number of phenolic OH excluding ortho intramolecular Hbond substituents is 2. The molecule has 0 bridgehead atoms. The largest absolute Gasteiger partial charge is 0.508 e. The number of likely N-dealkylation sites (N-methyl/N-ethyl adjacent to an activating group) is 1. The summed E-state index contributed by atoms with van der Waals surface area (Å²) in [7, 11) is 1.24. The van der Waals surface area contributed by atoms with Crippen LogP contribution in [-0.4, -0.2) is 47.2 Å². The number of nitrogens with zero attached hydrogens (tertiary/aromatic N) is 1. The third-order valence-electron chi connectivity index (χ3n) is 2.37. The SMILES string of the molecule is CCN(CC(=O)OC)C(=O)c1cc(O)cc(O)c1. The number of rotatable bonds is 4. The number of phenols is 2. The molecule has 0 aliphatic rings. The van der Waals surface area contributed by atoms with Gasteiger partial charge in [0.25, 0.3) is 5.91 Å². The fourth-order valence-electron chi connectivity index (χ4n) is 1.45. The smallest absolute Gasteiger partial charge is 0.325 e. The predicted molar refractivity (Wildman–Crippen MR) is 63.4 cm³/mol. The lowest BCUT2D eigenvalue weighted by atomic mass is 10.1. The minimum atomic E-state index is -0.533. The van der Waals surface area contributed by atoms with Crippen LogP contribution in [0.5, 0.6) is 11.5 Å². The van der Waals surface area contributed by atoms with Crippen molar-refractivity contribution in [1.29, 1.82) is 0 Å². The van der Waals surface area contributed by atoms with Gasteiger partial charge in [0.1, 0.15) is 18.0 Å². The minimum absolute atomic E-state index is 0.109. The summed E-state index contributed by atoms with van der Waals surface area (Å²) in [6.07, 6.45) is 0. The van der Waals surface area contributed by atoms with E-state index in [2.05, 4.69) is 4.74 Å². The summed E-state index contributed by atoms with van der Waals surface area (Å²) >= 11 is 0. The van der Waals surface area contributed by atoms with Crippen molar-refractivity contribution in [3.63, 3.8) is 0 Å². The highest BCUT2D eigenvalue weighted by Crippen LogP contribution is 2.21. The number of methoxy groups -OCH3 is 1. The van der Waals surface area contributed by atoms with Crippen LogP contribution in [-0.2, 0) is 9.53 Å². The van der Waals surface area contributed by atoms with Gasteiger partial charge in [-0.2, -0.15) is 0 Å². The van der Waals surface area contributed by atoms with Gasteiger partial charge in [-0.05, 0) is 19.1 Å². The number of benzene rings is 1. The van der Waals surface area contributed by atoms with Gasteiger partial charge in [0, 0.05) is 18.2 Å². The Hall–Kier alpha value is -2.24. The van der Waals surface area contributed by atoms with Gasteiger partial charge in [-0.3, -0.25) is 9.59 Å². The van der Waals surface area contributed by atoms with Crippen molar-refractivity contribution >= 4 is 11.9 Å². The fraction of sp³-hybridized carbons (Fsp3) is 0.333. The second kappa shape index (κ2) is 5.90. The predicted octanol–water partition coefficient (Wildman–Crippen LogP) is 0.733. The van der Waals surface area contributed by atoms with Crippen molar-refractivity contribution in [2.75, 3.05) is 20.2 Å². The number of carbonyl (C=O) groups is 2. The van der Waals surface area contributed by atoms with Gasteiger partial charge in [0.05, 0.1) is 7.11 Å². The maximum Gasteiger partial charge on any atom is 0.325 e. The molecule has 1 aromatic rings. The van der Waals surface area contributed by atoms with Gasteiger partial charge in [-0.1, -0.05) is 0 Å². The number of hydrogen-bond acceptors (Lipinski definition) is 5. The van der Waals surface area contributed by atoms with Crippen LogP contribution in [0.2, 0.25) is 0 Å². The third-order valence-corrected chi connectivity index (χ3v) is 2.37. The zero-order valence-electron chi connectivity index (χ0n) is 10.2. The van der Waals surface area contributed by atoms with Gasteiger partial charge < -0.3 is 19.8 Å². The first-order chi connectivity index (χ1) is 8.47. The Kier molecular flexibility index (Phi) is 4.53. The number of ether oxygens (including phenoxy) is 1. The van der Waals surface area contributed by atoms with Crippen LogP contribution < -0.4 is 0 Å². The second-order valence-electron chi connectivity index (χ2n) is 3.63. The Bertz CT molecular complexity index is 438. The Balaban J connectivity index is 2.92. The van der Waals surface area contributed by atoms with Crippen LogP contribution in [0.25, 0.3) is 0 Å². The number of aromatic hydroxyl groups is 2. The van der Waals surface area contributed by atoms with E-state index in [9.17, 15) is 19.8 Å². The molecular formula is C12H15NO5. The van der Waals surface area contributed by atoms with Gasteiger partial charge in [-0.25, -0.2) is 0 Å². The van der Waals surface area contributed by atoms with E-state index in [-0.39, 0.29) is 23.6 Å². The number of hydrogen-bond donors (Lipinski definition) is 2. The van der Waals surface area contributed by atoms with Crippen molar-refractivity contribution in [3.8, 4) is 11.5 Å². The molecule has 18 heavy (non-hydrogen) atoms. The monoisotopic (exact) mass is 253 g/mol. The van der Waals surface area contributed by atoms with Gasteiger partial charge >= 0.3 is 5.97 Å². The van der Waals surface area contributed by atoms with Gasteiger partial charge in [-0.15, -0.1) is 0 Å². The first kappa shape index (κ1) is 13.8. The number of carbonyl (C=O) groups excluding carboxylic acids is 2. The Morgan fingerprint density at radius 2 is 1.78 bits per heavy atom. The summed E-state index contributed by atoms with van der Waals surface area (Å²) < 4.78 is 4.48. The average Bonchev–Trinajstić information content (AvgIpc) is 2.33. The lowest BCUT2D eigenvalue weighted by Gasteiger charge is -2.19. The summed E-state index contributed by atoms with van der Waals surface area (Å²) in [5.74, 6) is -1.43. The van der Waals surface area contributed by atoms with E-state index in [0.29, 0.717) is 6.54 Å². The van der Waals surface area contributed by atoms with E-state index >= 15 is 0 Å². The van der Waals surface area contributed by atoms with Crippen LogP contribution in [0.3, 0.4) is 0 Å². The van der Waals surface area contributed by atoms with E-state index < -0.39 is 11.9 Å².